The van der Waals surface area contributed by atoms with Crippen molar-refractivity contribution in [2.24, 2.45) is 7.05 Å². The molecule has 2 aliphatic heterocycles. The molecule has 2 bridgehead atoms. The van der Waals surface area contributed by atoms with Crippen LogP contribution in [0.5, 0.6) is 0 Å². The number of hydrogen-bond acceptors (Lipinski definition) is 6. The van der Waals surface area contributed by atoms with E-state index in [0.717, 1.165) is 69.4 Å². The number of morpholine rings is 1. The topological polar surface area (TPSA) is 78.3 Å². The van der Waals surface area contributed by atoms with Crippen LogP contribution in [-0.4, -0.2) is 59.2 Å². The Kier molecular flexibility index (Phi) is 5.42. The molecule has 2 aliphatic rings. The monoisotopic (exact) mass is 674 g/mol. The van der Waals surface area contributed by atoms with Crippen LogP contribution in [0.1, 0.15) is 18.5 Å². The van der Waals surface area contributed by atoms with Gasteiger partial charge in [-0.15, -0.1) is 5.10 Å². The lowest BCUT2D eigenvalue weighted by Gasteiger charge is -2.33. The fourth-order valence-corrected chi connectivity index (χ4v) is 7.02. The van der Waals surface area contributed by atoms with Crippen molar-refractivity contribution >= 4 is 62.3 Å². The van der Waals surface area contributed by atoms with Gasteiger partial charge in [-0.1, -0.05) is 0 Å². The van der Waals surface area contributed by atoms with Gasteiger partial charge in [0.2, 0.25) is 0 Å². The standard InChI is InChI=1S/C20H21I2N8OP/c1-11-7-16(30(25-11)32-22)20-24-19(21)18-14(15-5-6-23-27(15)2)8-17(26-29(18)20)28-9-12-3-4-13(10-28)31-12/h5-8,12-13,32H,3-4,9-10H2,1-2H3. The van der Waals surface area contributed by atoms with Crippen LogP contribution in [0.3, 0.4) is 0 Å². The summed E-state index contributed by atoms with van der Waals surface area (Å²) in [5, 5.41) is 14.2. The summed E-state index contributed by atoms with van der Waals surface area (Å²) in [7, 11) is 1.97. The molecule has 4 aromatic heterocycles. The minimum Gasteiger partial charge on any atom is -0.371 e. The molecule has 0 N–H and O–H groups in total. The quantitative estimate of drug-likeness (QED) is 0.240. The first kappa shape index (κ1) is 21.2. The number of aryl methyl sites for hydroxylation is 2. The van der Waals surface area contributed by atoms with Gasteiger partial charge in [0, 0.05) is 31.9 Å². The number of aromatic nitrogens is 7. The van der Waals surface area contributed by atoms with Gasteiger partial charge in [0.1, 0.15) is 14.9 Å². The van der Waals surface area contributed by atoms with Gasteiger partial charge in [0.15, 0.2) is 11.6 Å². The minimum atomic E-state index is 0.290. The van der Waals surface area contributed by atoms with Gasteiger partial charge in [0.05, 0.1) is 30.0 Å². The Morgan fingerprint density at radius 3 is 2.59 bits per heavy atom. The maximum atomic E-state index is 6.07. The van der Waals surface area contributed by atoms with Crippen molar-refractivity contribution in [3.05, 3.63) is 33.8 Å². The van der Waals surface area contributed by atoms with Crippen LogP contribution in [0.25, 0.3) is 28.3 Å². The molecule has 9 nitrogen and oxygen atoms in total. The van der Waals surface area contributed by atoms with E-state index < -0.39 is 0 Å². The third kappa shape index (κ3) is 3.46. The molecule has 3 atom stereocenters. The van der Waals surface area contributed by atoms with E-state index in [1.165, 1.54) is 0 Å². The first-order valence-electron chi connectivity index (χ1n) is 10.4. The van der Waals surface area contributed by atoms with E-state index in [1.807, 2.05) is 39.9 Å². The second kappa shape index (κ2) is 8.17. The van der Waals surface area contributed by atoms with E-state index in [4.69, 9.17) is 14.8 Å². The van der Waals surface area contributed by atoms with Crippen LogP contribution < -0.4 is 4.90 Å². The van der Waals surface area contributed by atoms with Crippen molar-refractivity contribution in [1.82, 2.24) is 33.9 Å². The fourth-order valence-electron chi connectivity index (χ4n) is 4.72. The Bertz CT molecular complexity index is 1320. The van der Waals surface area contributed by atoms with Gasteiger partial charge >= 0.3 is 0 Å². The highest BCUT2D eigenvalue weighted by atomic mass is 127. The van der Waals surface area contributed by atoms with E-state index in [2.05, 4.69) is 71.9 Å². The number of ether oxygens (including phenoxy) is 1. The summed E-state index contributed by atoms with van der Waals surface area (Å²) >= 11 is 4.67. The summed E-state index contributed by atoms with van der Waals surface area (Å²) in [6.07, 6.45) is 5.15. The maximum absolute atomic E-state index is 6.07. The second-order valence-corrected chi connectivity index (χ2v) is 11.3. The Labute approximate surface area is 213 Å². The average molecular weight is 674 g/mol. The van der Waals surface area contributed by atoms with E-state index in [0.29, 0.717) is 6.37 Å². The molecule has 4 aromatic rings. The second-order valence-electron chi connectivity index (χ2n) is 8.27. The summed E-state index contributed by atoms with van der Waals surface area (Å²) in [4.78, 5) is 7.33. The van der Waals surface area contributed by atoms with Crippen molar-refractivity contribution in [3.63, 3.8) is 0 Å². The summed E-state index contributed by atoms with van der Waals surface area (Å²) in [5.74, 6) is 1.76. The molecular formula is C20H21I2N8OP. The largest absolute Gasteiger partial charge is 0.371 e. The van der Waals surface area contributed by atoms with E-state index >= 15 is 0 Å². The van der Waals surface area contributed by atoms with E-state index in [-0.39, 0.29) is 12.2 Å². The van der Waals surface area contributed by atoms with Crippen LogP contribution >= 0.6 is 51.0 Å². The molecule has 0 radical (unpaired) electrons. The predicted molar refractivity (Wildman–Crippen MR) is 142 cm³/mol. The minimum absolute atomic E-state index is 0.290. The molecule has 0 saturated carbocycles. The zero-order valence-electron chi connectivity index (χ0n) is 17.5. The molecule has 12 heteroatoms. The Hall–Kier alpha value is -1.31. The molecule has 6 heterocycles. The Balaban J connectivity index is 1.60. The van der Waals surface area contributed by atoms with Gasteiger partial charge < -0.3 is 9.64 Å². The Morgan fingerprint density at radius 2 is 1.91 bits per heavy atom. The predicted octanol–water partition coefficient (Wildman–Crippen LogP) is 4.07. The molecule has 0 spiro atoms. The first-order chi connectivity index (χ1) is 15.5. The Morgan fingerprint density at radius 1 is 1.12 bits per heavy atom. The summed E-state index contributed by atoms with van der Waals surface area (Å²) in [5.41, 5.74) is 5.07. The average Bonchev–Trinajstić information content (AvgIpc) is 3.54. The summed E-state index contributed by atoms with van der Waals surface area (Å²) in [6.45, 7) is 3.75. The van der Waals surface area contributed by atoms with Crippen LogP contribution in [-0.2, 0) is 11.8 Å². The number of fused-ring (bicyclic) bond motifs is 3. The lowest BCUT2D eigenvalue weighted by molar-refractivity contribution is 0.0301. The highest BCUT2D eigenvalue weighted by molar-refractivity contribution is 14.2. The van der Waals surface area contributed by atoms with Gasteiger partial charge in [-0.25, -0.2) is 14.0 Å². The third-order valence-electron chi connectivity index (χ3n) is 6.15. The number of halogens is 2. The molecule has 0 aliphatic carbocycles. The SMILES string of the molecule is Cc1cc(-c2nc(I)c3c(-c4ccnn4C)cc(N4CC5CCC(C4)O5)nn23)n(PI)n1. The number of nitrogens with zero attached hydrogens (tertiary/aromatic N) is 8. The molecule has 3 unspecified atom stereocenters. The van der Waals surface area contributed by atoms with Gasteiger partial charge in [-0.05, 0) is 82.6 Å². The molecule has 0 aromatic carbocycles. The third-order valence-corrected chi connectivity index (χ3v) is 8.77. The van der Waals surface area contributed by atoms with Crippen molar-refractivity contribution in [2.75, 3.05) is 18.0 Å². The van der Waals surface area contributed by atoms with Crippen molar-refractivity contribution < 1.29 is 4.74 Å². The van der Waals surface area contributed by atoms with E-state index in [9.17, 15) is 0 Å². The summed E-state index contributed by atoms with van der Waals surface area (Å²) < 4.78 is 12.9. The van der Waals surface area contributed by atoms with E-state index in [1.54, 1.807) is 0 Å². The number of imidazole rings is 1. The smallest absolute Gasteiger partial charge is 0.181 e. The van der Waals surface area contributed by atoms with Crippen LogP contribution in [0.2, 0.25) is 0 Å². The highest BCUT2D eigenvalue weighted by Crippen LogP contribution is 2.37. The highest BCUT2D eigenvalue weighted by Gasteiger charge is 2.35. The lowest BCUT2D eigenvalue weighted by atomic mass is 10.1. The van der Waals surface area contributed by atoms with Crippen LogP contribution in [0.15, 0.2) is 24.4 Å². The maximum Gasteiger partial charge on any atom is 0.181 e. The normalized spacial score (nSPS) is 20.9. The molecule has 32 heavy (non-hydrogen) atoms. The molecule has 2 fully saturated rings. The van der Waals surface area contributed by atoms with Crippen LogP contribution in [0, 0.1) is 10.6 Å². The zero-order chi connectivity index (χ0) is 22.0. The number of rotatable bonds is 4. The molecule has 6 rings (SSSR count). The lowest BCUT2D eigenvalue weighted by Crippen LogP contribution is -2.43. The molecule has 0 amide bonds. The van der Waals surface area contributed by atoms with Crippen LogP contribution in [0.4, 0.5) is 5.82 Å². The molecule has 166 valence electrons. The van der Waals surface area contributed by atoms with Gasteiger partial charge in [-0.3, -0.25) is 4.68 Å². The van der Waals surface area contributed by atoms with Gasteiger partial charge in [0.25, 0.3) is 0 Å². The number of hydrogen-bond donors (Lipinski definition) is 0. The van der Waals surface area contributed by atoms with Gasteiger partial charge in [-0.2, -0.15) is 10.2 Å². The zero-order valence-corrected chi connectivity index (χ0v) is 22.8. The summed E-state index contributed by atoms with van der Waals surface area (Å²) in [6, 6.07) is 6.32. The van der Waals surface area contributed by atoms with Crippen molar-refractivity contribution in [3.8, 4) is 22.8 Å². The number of anilines is 1. The first-order valence-corrected chi connectivity index (χ1v) is 15.6. The fraction of sp³-hybridized carbons (Fsp3) is 0.400. The van der Waals surface area contributed by atoms with Crippen molar-refractivity contribution in [1.29, 1.82) is 0 Å². The molecular weight excluding hydrogens is 653 g/mol. The molecule has 2 saturated heterocycles. The van der Waals surface area contributed by atoms with Crippen molar-refractivity contribution in [2.45, 2.75) is 32.0 Å².